The van der Waals surface area contributed by atoms with Gasteiger partial charge in [0.2, 0.25) is 0 Å². The molecule has 0 aromatic heterocycles. The summed E-state index contributed by atoms with van der Waals surface area (Å²) in [6, 6.07) is 16.2. The van der Waals surface area contributed by atoms with E-state index in [4.69, 9.17) is 10.5 Å². The van der Waals surface area contributed by atoms with E-state index in [-0.39, 0.29) is 0 Å². The maximum atomic E-state index is 5.64. The lowest BCUT2D eigenvalue weighted by Crippen LogP contribution is -2.00. The van der Waals surface area contributed by atoms with Crippen molar-refractivity contribution in [3.05, 3.63) is 59.7 Å². The molecule has 0 atom stereocenters. The zero-order chi connectivity index (χ0) is 13.5. The highest BCUT2D eigenvalue weighted by Crippen LogP contribution is 2.15. The lowest BCUT2D eigenvalue weighted by atomic mass is 10.2. The van der Waals surface area contributed by atoms with Crippen LogP contribution in [0, 0.1) is 6.92 Å². The predicted octanol–water partition coefficient (Wildman–Crippen LogP) is 3.89. The van der Waals surface area contributed by atoms with E-state index in [1.54, 1.807) is 0 Å². The van der Waals surface area contributed by atoms with Crippen molar-refractivity contribution < 1.29 is 4.74 Å². The summed E-state index contributed by atoms with van der Waals surface area (Å²) in [5, 5.41) is 0. The second-order valence-electron chi connectivity index (χ2n) is 4.46. The van der Waals surface area contributed by atoms with Crippen LogP contribution in [0.25, 0.3) is 0 Å². The molecule has 0 aliphatic carbocycles. The lowest BCUT2D eigenvalue weighted by Gasteiger charge is -2.06. The minimum atomic E-state index is 0.723. The lowest BCUT2D eigenvalue weighted by molar-refractivity contribution is 0.344. The predicted molar refractivity (Wildman–Crippen MR) is 83.7 cm³/mol. The first-order valence-electron chi connectivity index (χ1n) is 6.36. The average Bonchev–Trinajstić information content (AvgIpc) is 2.43. The van der Waals surface area contributed by atoms with Gasteiger partial charge in [0.15, 0.2) is 0 Å². The first-order valence-corrected chi connectivity index (χ1v) is 7.51. The van der Waals surface area contributed by atoms with Crippen molar-refractivity contribution in [3.63, 3.8) is 0 Å². The highest BCUT2D eigenvalue weighted by molar-refractivity contribution is 7.98. The number of nitrogens with two attached hydrogens (primary N) is 1. The van der Waals surface area contributed by atoms with Gasteiger partial charge in [0, 0.05) is 17.2 Å². The first-order chi connectivity index (χ1) is 9.24. The summed E-state index contributed by atoms with van der Waals surface area (Å²) in [4.78, 5) is 0. The summed E-state index contributed by atoms with van der Waals surface area (Å²) in [5.74, 6) is 2.90. The van der Waals surface area contributed by atoms with Gasteiger partial charge in [0.25, 0.3) is 0 Å². The second kappa shape index (κ2) is 7.10. The van der Waals surface area contributed by atoms with Crippen LogP contribution in [-0.2, 0) is 5.75 Å². The van der Waals surface area contributed by atoms with Crippen molar-refractivity contribution in [2.75, 3.05) is 18.1 Å². The molecule has 0 spiro atoms. The molecule has 0 amide bonds. The van der Waals surface area contributed by atoms with Crippen molar-refractivity contribution in [2.45, 2.75) is 12.7 Å². The molecule has 0 aliphatic heterocycles. The molecule has 0 aliphatic rings. The zero-order valence-electron chi connectivity index (χ0n) is 11.1. The molecule has 2 rings (SSSR count). The molecule has 2 nitrogen and oxygen atoms in total. The Hall–Kier alpha value is -1.61. The Labute approximate surface area is 119 Å². The number of nitrogen functional groups attached to an aromatic ring is 1. The van der Waals surface area contributed by atoms with Crippen LogP contribution in [-0.4, -0.2) is 12.4 Å². The SMILES string of the molecule is Cc1ccc(CSCCOc2ccc(N)cc2)cc1. The Balaban J connectivity index is 1.64. The highest BCUT2D eigenvalue weighted by Gasteiger charge is 1.96. The molecule has 0 unspecified atom stereocenters. The van der Waals surface area contributed by atoms with E-state index in [0.717, 1.165) is 29.5 Å². The molecule has 0 saturated heterocycles. The van der Waals surface area contributed by atoms with Crippen molar-refractivity contribution in [3.8, 4) is 5.75 Å². The van der Waals surface area contributed by atoms with Crippen LogP contribution in [0.15, 0.2) is 48.5 Å². The number of anilines is 1. The van der Waals surface area contributed by atoms with Crippen LogP contribution < -0.4 is 10.5 Å². The van der Waals surface area contributed by atoms with Gasteiger partial charge in [0.05, 0.1) is 6.61 Å². The van der Waals surface area contributed by atoms with Crippen molar-refractivity contribution >= 4 is 17.4 Å². The Morgan fingerprint density at radius 3 is 2.37 bits per heavy atom. The minimum Gasteiger partial charge on any atom is -0.493 e. The summed E-state index contributed by atoms with van der Waals surface area (Å²) in [6.07, 6.45) is 0. The van der Waals surface area contributed by atoms with Gasteiger partial charge in [-0.15, -0.1) is 0 Å². The van der Waals surface area contributed by atoms with Crippen LogP contribution in [0.1, 0.15) is 11.1 Å². The molecule has 0 radical (unpaired) electrons. The molecule has 2 N–H and O–H groups in total. The molecule has 0 fully saturated rings. The Kier molecular flexibility index (Phi) is 5.16. The second-order valence-corrected chi connectivity index (χ2v) is 5.56. The van der Waals surface area contributed by atoms with Crippen LogP contribution in [0.5, 0.6) is 5.75 Å². The molecular weight excluding hydrogens is 254 g/mol. The van der Waals surface area contributed by atoms with E-state index >= 15 is 0 Å². The maximum absolute atomic E-state index is 5.64. The van der Waals surface area contributed by atoms with Gasteiger partial charge in [-0.1, -0.05) is 29.8 Å². The summed E-state index contributed by atoms with van der Waals surface area (Å²) < 4.78 is 5.64. The van der Waals surface area contributed by atoms with E-state index in [9.17, 15) is 0 Å². The minimum absolute atomic E-state index is 0.723. The van der Waals surface area contributed by atoms with Crippen molar-refractivity contribution in [1.82, 2.24) is 0 Å². The first kappa shape index (κ1) is 13.8. The van der Waals surface area contributed by atoms with E-state index in [0.29, 0.717) is 0 Å². The normalized spacial score (nSPS) is 10.4. The third-order valence-electron chi connectivity index (χ3n) is 2.77. The summed E-state index contributed by atoms with van der Waals surface area (Å²) in [7, 11) is 0. The summed E-state index contributed by atoms with van der Waals surface area (Å²) in [6.45, 7) is 2.83. The fourth-order valence-corrected chi connectivity index (χ4v) is 2.43. The van der Waals surface area contributed by atoms with Gasteiger partial charge in [-0.05, 0) is 36.8 Å². The Morgan fingerprint density at radius 2 is 1.68 bits per heavy atom. The largest absolute Gasteiger partial charge is 0.493 e. The summed E-state index contributed by atoms with van der Waals surface area (Å²) in [5.41, 5.74) is 9.05. The molecule has 19 heavy (non-hydrogen) atoms. The maximum Gasteiger partial charge on any atom is 0.119 e. The Morgan fingerprint density at radius 1 is 1.00 bits per heavy atom. The number of aryl methyl sites for hydroxylation is 1. The molecule has 0 bridgehead atoms. The fourth-order valence-electron chi connectivity index (χ4n) is 1.66. The van der Waals surface area contributed by atoms with Gasteiger partial charge in [-0.3, -0.25) is 0 Å². The molecule has 2 aromatic carbocycles. The van der Waals surface area contributed by atoms with Gasteiger partial charge in [0.1, 0.15) is 5.75 Å². The van der Waals surface area contributed by atoms with Crippen molar-refractivity contribution in [2.24, 2.45) is 0 Å². The fraction of sp³-hybridized carbons (Fsp3) is 0.250. The number of thioether (sulfide) groups is 1. The topological polar surface area (TPSA) is 35.2 Å². The van der Waals surface area contributed by atoms with Crippen LogP contribution in [0.3, 0.4) is 0 Å². The number of benzene rings is 2. The standard InChI is InChI=1S/C16H19NOS/c1-13-2-4-14(5-3-13)12-19-11-10-18-16-8-6-15(17)7-9-16/h2-9H,10-12,17H2,1H3. The number of rotatable bonds is 6. The Bertz CT molecular complexity index is 446. The van der Waals surface area contributed by atoms with E-state index in [2.05, 4.69) is 31.2 Å². The smallest absolute Gasteiger partial charge is 0.119 e. The molecule has 100 valence electrons. The van der Waals surface area contributed by atoms with Crippen LogP contribution >= 0.6 is 11.8 Å². The van der Waals surface area contributed by atoms with E-state index in [1.165, 1.54) is 11.1 Å². The number of hydrogen-bond donors (Lipinski definition) is 1. The summed E-state index contributed by atoms with van der Waals surface area (Å²) >= 11 is 1.88. The monoisotopic (exact) mass is 273 g/mol. The number of ether oxygens (including phenoxy) is 1. The molecule has 3 heteroatoms. The third-order valence-corrected chi connectivity index (χ3v) is 3.76. The van der Waals surface area contributed by atoms with Gasteiger partial charge < -0.3 is 10.5 Å². The van der Waals surface area contributed by atoms with Gasteiger partial charge in [-0.2, -0.15) is 11.8 Å². The van der Waals surface area contributed by atoms with Gasteiger partial charge in [-0.25, -0.2) is 0 Å². The van der Waals surface area contributed by atoms with Crippen LogP contribution in [0.2, 0.25) is 0 Å². The third kappa shape index (κ3) is 4.87. The molecule has 2 aromatic rings. The highest BCUT2D eigenvalue weighted by atomic mass is 32.2. The number of hydrogen-bond acceptors (Lipinski definition) is 3. The van der Waals surface area contributed by atoms with Crippen molar-refractivity contribution in [1.29, 1.82) is 0 Å². The zero-order valence-corrected chi connectivity index (χ0v) is 12.0. The molecule has 0 saturated carbocycles. The quantitative estimate of drug-likeness (QED) is 0.640. The van der Waals surface area contributed by atoms with Gasteiger partial charge >= 0.3 is 0 Å². The average molecular weight is 273 g/mol. The van der Waals surface area contributed by atoms with E-state index < -0.39 is 0 Å². The van der Waals surface area contributed by atoms with Crippen LogP contribution in [0.4, 0.5) is 5.69 Å². The molecule has 0 heterocycles. The van der Waals surface area contributed by atoms with E-state index in [1.807, 2.05) is 36.0 Å². The molecular formula is C16H19NOS.